The van der Waals surface area contributed by atoms with Crippen molar-refractivity contribution in [1.82, 2.24) is 4.90 Å². The van der Waals surface area contributed by atoms with Crippen molar-refractivity contribution in [2.45, 2.75) is 31.8 Å². The molecule has 92 valence electrons. The van der Waals surface area contributed by atoms with E-state index in [1.165, 1.54) is 6.07 Å². The predicted molar refractivity (Wildman–Crippen MR) is 68.2 cm³/mol. The van der Waals surface area contributed by atoms with Crippen LogP contribution in [-0.4, -0.2) is 23.8 Å². The number of carbonyl (C=O) groups excluding carboxylic acids is 1. The van der Waals surface area contributed by atoms with Crippen LogP contribution in [0.25, 0.3) is 0 Å². The van der Waals surface area contributed by atoms with Gasteiger partial charge in [-0.15, -0.1) is 0 Å². The Bertz CT molecular complexity index is 410. The van der Waals surface area contributed by atoms with Gasteiger partial charge in [-0.3, -0.25) is 4.90 Å². The molecule has 1 atom stereocenters. The second kappa shape index (κ2) is 5.74. The van der Waals surface area contributed by atoms with Crippen LogP contribution in [0.3, 0.4) is 0 Å². The second-order valence-corrected chi connectivity index (χ2v) is 5.32. The van der Waals surface area contributed by atoms with E-state index in [0.717, 1.165) is 36.6 Å². The number of hydrogen-bond donors (Lipinski definition) is 0. The summed E-state index contributed by atoms with van der Waals surface area (Å²) >= 11 is 3.34. The predicted octanol–water partition coefficient (Wildman–Crippen LogP) is 3.14. The summed E-state index contributed by atoms with van der Waals surface area (Å²) in [6.07, 6.45) is 4.04. The molecule has 0 saturated carbocycles. The molecule has 1 aliphatic heterocycles. The highest BCUT2D eigenvalue weighted by Gasteiger charge is 2.22. The third-order valence-electron chi connectivity index (χ3n) is 3.20. The van der Waals surface area contributed by atoms with Crippen LogP contribution in [0.5, 0.6) is 0 Å². The van der Waals surface area contributed by atoms with Gasteiger partial charge in [0, 0.05) is 16.6 Å². The van der Waals surface area contributed by atoms with Crippen molar-refractivity contribution in [3.05, 3.63) is 34.1 Å². The number of aldehydes is 1. The molecule has 4 heteroatoms. The van der Waals surface area contributed by atoms with Gasteiger partial charge >= 0.3 is 0 Å². The lowest BCUT2D eigenvalue weighted by Crippen LogP contribution is -2.40. The molecule has 0 radical (unpaired) electrons. The van der Waals surface area contributed by atoms with Crippen molar-refractivity contribution in [3.8, 4) is 0 Å². The van der Waals surface area contributed by atoms with E-state index in [4.69, 9.17) is 0 Å². The maximum Gasteiger partial charge on any atom is 0.137 e. The fourth-order valence-corrected chi connectivity index (χ4v) is 2.66. The van der Waals surface area contributed by atoms with Gasteiger partial charge in [-0.2, -0.15) is 0 Å². The van der Waals surface area contributed by atoms with Crippen molar-refractivity contribution < 1.29 is 9.18 Å². The quantitative estimate of drug-likeness (QED) is 0.799. The number of hydrogen-bond acceptors (Lipinski definition) is 2. The Labute approximate surface area is 109 Å². The zero-order valence-electron chi connectivity index (χ0n) is 9.53. The first-order valence-electron chi connectivity index (χ1n) is 5.84. The summed E-state index contributed by atoms with van der Waals surface area (Å²) in [6.45, 7) is 1.38. The van der Waals surface area contributed by atoms with Crippen LogP contribution in [0.2, 0.25) is 0 Å². The molecule has 1 heterocycles. The third-order valence-corrected chi connectivity index (χ3v) is 3.70. The van der Waals surface area contributed by atoms with Gasteiger partial charge in [-0.25, -0.2) is 4.39 Å². The lowest BCUT2D eigenvalue weighted by Gasteiger charge is -2.32. The van der Waals surface area contributed by atoms with E-state index in [-0.39, 0.29) is 11.9 Å². The number of piperidine rings is 1. The molecule has 2 rings (SSSR count). The molecule has 1 aromatic carbocycles. The minimum atomic E-state index is -0.205. The minimum Gasteiger partial charge on any atom is -0.302 e. The summed E-state index contributed by atoms with van der Waals surface area (Å²) in [4.78, 5) is 13.0. The minimum absolute atomic E-state index is 0.0536. The Morgan fingerprint density at radius 1 is 1.47 bits per heavy atom. The van der Waals surface area contributed by atoms with Crippen molar-refractivity contribution in [2.75, 3.05) is 6.54 Å². The standard InChI is InChI=1S/C13H15BrFNO/c14-11-4-5-13(15)10(7-11)8-16-6-2-1-3-12(16)9-17/h4-5,7,9,12H,1-3,6,8H2. The molecule has 1 aliphatic rings. The van der Waals surface area contributed by atoms with Gasteiger partial charge in [0.15, 0.2) is 0 Å². The van der Waals surface area contributed by atoms with Crippen LogP contribution in [0.1, 0.15) is 24.8 Å². The first kappa shape index (κ1) is 12.7. The average molecular weight is 300 g/mol. The van der Waals surface area contributed by atoms with E-state index >= 15 is 0 Å². The monoisotopic (exact) mass is 299 g/mol. The van der Waals surface area contributed by atoms with Gasteiger partial charge in [0.25, 0.3) is 0 Å². The number of rotatable bonds is 3. The Hall–Kier alpha value is -0.740. The Morgan fingerprint density at radius 3 is 3.06 bits per heavy atom. The molecule has 0 aromatic heterocycles. The zero-order chi connectivity index (χ0) is 12.3. The topological polar surface area (TPSA) is 20.3 Å². The number of halogens is 2. The van der Waals surface area contributed by atoms with Crippen LogP contribution >= 0.6 is 15.9 Å². The summed E-state index contributed by atoms with van der Waals surface area (Å²) in [7, 11) is 0. The smallest absolute Gasteiger partial charge is 0.137 e. The lowest BCUT2D eigenvalue weighted by molar-refractivity contribution is -0.113. The van der Waals surface area contributed by atoms with Gasteiger partial charge in [-0.1, -0.05) is 22.4 Å². The molecule has 0 aliphatic carbocycles. The SMILES string of the molecule is O=CC1CCCCN1Cc1cc(Br)ccc1F. The van der Waals surface area contributed by atoms with Crippen LogP contribution < -0.4 is 0 Å². The first-order valence-corrected chi connectivity index (χ1v) is 6.63. The molecular formula is C13H15BrFNO. The molecule has 1 unspecified atom stereocenters. The molecule has 0 amide bonds. The van der Waals surface area contributed by atoms with Crippen LogP contribution in [0.15, 0.2) is 22.7 Å². The average Bonchev–Trinajstić information content (AvgIpc) is 2.34. The van der Waals surface area contributed by atoms with Crippen molar-refractivity contribution in [1.29, 1.82) is 0 Å². The summed E-state index contributed by atoms with van der Waals surface area (Å²) < 4.78 is 14.5. The lowest BCUT2D eigenvalue weighted by atomic mass is 10.0. The molecule has 1 fully saturated rings. The van der Waals surface area contributed by atoms with Crippen molar-refractivity contribution in [3.63, 3.8) is 0 Å². The van der Waals surface area contributed by atoms with E-state index in [9.17, 15) is 9.18 Å². The maximum absolute atomic E-state index is 13.6. The molecule has 0 N–H and O–H groups in total. The van der Waals surface area contributed by atoms with Crippen molar-refractivity contribution in [2.24, 2.45) is 0 Å². The van der Waals surface area contributed by atoms with Crippen LogP contribution in [0, 0.1) is 5.82 Å². The highest BCUT2D eigenvalue weighted by Crippen LogP contribution is 2.21. The molecule has 2 nitrogen and oxygen atoms in total. The number of carbonyl (C=O) groups is 1. The Kier molecular flexibility index (Phi) is 4.29. The fourth-order valence-electron chi connectivity index (χ4n) is 2.25. The summed E-state index contributed by atoms with van der Waals surface area (Å²) in [5, 5.41) is 0. The normalized spacial score (nSPS) is 21.4. The first-order chi connectivity index (χ1) is 8.20. The summed E-state index contributed by atoms with van der Waals surface area (Å²) in [5.41, 5.74) is 0.646. The summed E-state index contributed by atoms with van der Waals surface area (Å²) in [5.74, 6) is -0.205. The molecule has 1 saturated heterocycles. The van der Waals surface area contributed by atoms with Gasteiger partial charge in [-0.05, 0) is 37.6 Å². The molecule has 17 heavy (non-hydrogen) atoms. The molecular weight excluding hydrogens is 285 g/mol. The van der Waals surface area contributed by atoms with E-state index in [2.05, 4.69) is 20.8 Å². The number of benzene rings is 1. The number of nitrogens with zero attached hydrogens (tertiary/aromatic N) is 1. The van der Waals surface area contributed by atoms with Gasteiger partial charge < -0.3 is 4.79 Å². The highest BCUT2D eigenvalue weighted by molar-refractivity contribution is 9.10. The van der Waals surface area contributed by atoms with Gasteiger partial charge in [0.1, 0.15) is 12.1 Å². The molecule has 1 aromatic rings. The summed E-state index contributed by atoms with van der Waals surface area (Å²) in [6, 6.07) is 4.87. The molecule has 0 bridgehead atoms. The number of likely N-dealkylation sites (tertiary alicyclic amines) is 1. The van der Waals surface area contributed by atoms with E-state index in [1.807, 2.05) is 0 Å². The Morgan fingerprint density at radius 2 is 2.29 bits per heavy atom. The van der Waals surface area contributed by atoms with E-state index in [1.54, 1.807) is 12.1 Å². The molecule has 0 spiro atoms. The maximum atomic E-state index is 13.6. The third kappa shape index (κ3) is 3.13. The van der Waals surface area contributed by atoms with E-state index in [0.29, 0.717) is 12.1 Å². The van der Waals surface area contributed by atoms with E-state index < -0.39 is 0 Å². The second-order valence-electron chi connectivity index (χ2n) is 4.41. The fraction of sp³-hybridized carbons (Fsp3) is 0.462. The van der Waals surface area contributed by atoms with Gasteiger partial charge in [0.2, 0.25) is 0 Å². The highest BCUT2D eigenvalue weighted by atomic mass is 79.9. The largest absolute Gasteiger partial charge is 0.302 e. The van der Waals surface area contributed by atoms with Crippen LogP contribution in [0.4, 0.5) is 4.39 Å². The van der Waals surface area contributed by atoms with Crippen LogP contribution in [-0.2, 0) is 11.3 Å². The van der Waals surface area contributed by atoms with Gasteiger partial charge in [0.05, 0.1) is 6.04 Å². The van der Waals surface area contributed by atoms with Crippen molar-refractivity contribution >= 4 is 22.2 Å². The zero-order valence-corrected chi connectivity index (χ0v) is 11.1. The Balaban J connectivity index is 2.13.